The lowest BCUT2D eigenvalue weighted by molar-refractivity contribution is 0.0927. The fourth-order valence-corrected chi connectivity index (χ4v) is 5.78. The molecule has 0 N–H and O–H groups in total. The first kappa shape index (κ1) is 19.9. The molecule has 1 aliphatic heterocycles. The minimum absolute atomic E-state index is 0.261. The van der Waals surface area contributed by atoms with Gasteiger partial charge in [0.05, 0.1) is 12.2 Å². The first-order chi connectivity index (χ1) is 13.5. The Morgan fingerprint density at radius 2 is 1.36 bits per heavy atom. The van der Waals surface area contributed by atoms with Gasteiger partial charge in [0.15, 0.2) is 11.6 Å². The van der Waals surface area contributed by atoms with E-state index >= 15 is 0 Å². The predicted octanol–water partition coefficient (Wildman–Crippen LogP) is 7.28. The van der Waals surface area contributed by atoms with E-state index in [0.717, 1.165) is 30.1 Å². The van der Waals surface area contributed by atoms with Gasteiger partial charge in [0.25, 0.3) is 0 Å². The van der Waals surface area contributed by atoms with Crippen LogP contribution in [0.1, 0.15) is 75.8 Å². The molecule has 1 nitrogen and oxygen atoms in total. The highest BCUT2D eigenvalue weighted by Crippen LogP contribution is 2.44. The molecule has 2 aliphatic carbocycles. The minimum Gasteiger partial charge on any atom is -0.493 e. The number of allylic oxidation sites excluding steroid dienone is 1. The monoisotopic (exact) mass is 388 g/mol. The number of benzene rings is 1. The van der Waals surface area contributed by atoms with Crippen molar-refractivity contribution in [3.63, 3.8) is 0 Å². The first-order valence-corrected chi connectivity index (χ1v) is 11.3. The van der Waals surface area contributed by atoms with Crippen molar-refractivity contribution in [1.82, 2.24) is 0 Å². The van der Waals surface area contributed by atoms with E-state index in [1.807, 2.05) is 6.08 Å². The molecule has 1 heterocycles. The SMILES string of the molecule is Cc1ccc(C2=CCC(C3CCC(C4CCC(C)CC4)CC3)CO2)c(F)c1F. The molecule has 2 saturated carbocycles. The number of halogens is 2. The molecule has 3 heteroatoms. The summed E-state index contributed by atoms with van der Waals surface area (Å²) in [5, 5.41) is 0. The number of aryl methyl sites for hydroxylation is 1. The Balaban J connectivity index is 1.32. The van der Waals surface area contributed by atoms with Crippen LogP contribution >= 0.6 is 0 Å². The molecule has 0 radical (unpaired) electrons. The molecule has 0 bridgehead atoms. The second-order valence-corrected chi connectivity index (χ2v) is 9.63. The summed E-state index contributed by atoms with van der Waals surface area (Å²) in [7, 11) is 0. The van der Waals surface area contributed by atoms with Gasteiger partial charge in [0.1, 0.15) is 5.76 Å². The van der Waals surface area contributed by atoms with Gasteiger partial charge in [0, 0.05) is 0 Å². The van der Waals surface area contributed by atoms with Gasteiger partial charge >= 0.3 is 0 Å². The van der Waals surface area contributed by atoms with Gasteiger partial charge in [-0.25, -0.2) is 8.78 Å². The maximum atomic E-state index is 14.2. The van der Waals surface area contributed by atoms with E-state index in [-0.39, 0.29) is 5.56 Å². The normalized spacial score (nSPS) is 33.9. The molecule has 1 aromatic rings. The van der Waals surface area contributed by atoms with Crippen LogP contribution < -0.4 is 0 Å². The summed E-state index contributed by atoms with van der Waals surface area (Å²) in [5.41, 5.74) is 0.594. The average molecular weight is 389 g/mol. The molecule has 4 rings (SSSR count). The van der Waals surface area contributed by atoms with Crippen molar-refractivity contribution < 1.29 is 13.5 Å². The van der Waals surface area contributed by atoms with Crippen LogP contribution in [0.3, 0.4) is 0 Å². The van der Waals surface area contributed by atoms with Gasteiger partial charge in [-0.3, -0.25) is 0 Å². The van der Waals surface area contributed by atoms with Gasteiger partial charge in [0.2, 0.25) is 0 Å². The van der Waals surface area contributed by atoms with Gasteiger partial charge in [-0.05, 0) is 99.2 Å². The number of hydrogen-bond donors (Lipinski definition) is 0. The maximum absolute atomic E-state index is 14.2. The number of rotatable bonds is 3. The second kappa shape index (κ2) is 8.55. The van der Waals surface area contributed by atoms with Crippen LogP contribution in [0.25, 0.3) is 5.76 Å². The lowest BCUT2D eigenvalue weighted by Gasteiger charge is -2.40. The third-order valence-corrected chi connectivity index (χ3v) is 7.81. The fourth-order valence-electron chi connectivity index (χ4n) is 5.78. The Labute approximate surface area is 168 Å². The first-order valence-electron chi connectivity index (χ1n) is 11.3. The quantitative estimate of drug-likeness (QED) is 0.528. The minimum atomic E-state index is -0.785. The predicted molar refractivity (Wildman–Crippen MR) is 110 cm³/mol. The van der Waals surface area contributed by atoms with E-state index in [9.17, 15) is 8.78 Å². The number of hydrogen-bond acceptors (Lipinski definition) is 1. The van der Waals surface area contributed by atoms with E-state index < -0.39 is 11.6 Å². The van der Waals surface area contributed by atoms with Crippen molar-refractivity contribution in [3.8, 4) is 0 Å². The summed E-state index contributed by atoms with van der Waals surface area (Å²) in [5.74, 6) is 3.03. The average Bonchev–Trinajstić information content (AvgIpc) is 2.73. The lowest BCUT2D eigenvalue weighted by Crippen LogP contribution is -2.30. The third kappa shape index (κ3) is 4.14. The van der Waals surface area contributed by atoms with Crippen LogP contribution in [0.2, 0.25) is 0 Å². The summed E-state index contributed by atoms with van der Waals surface area (Å²) in [6.07, 6.45) is 14.0. The highest BCUT2D eigenvalue weighted by Gasteiger charge is 2.34. The maximum Gasteiger partial charge on any atom is 0.170 e. The summed E-state index contributed by atoms with van der Waals surface area (Å²) < 4.78 is 34.0. The van der Waals surface area contributed by atoms with Gasteiger partial charge in [-0.15, -0.1) is 0 Å². The van der Waals surface area contributed by atoms with E-state index in [1.54, 1.807) is 19.1 Å². The summed E-state index contributed by atoms with van der Waals surface area (Å²) >= 11 is 0. The summed E-state index contributed by atoms with van der Waals surface area (Å²) in [6.45, 7) is 4.62. The van der Waals surface area contributed by atoms with E-state index in [2.05, 4.69) is 6.92 Å². The zero-order chi connectivity index (χ0) is 19.7. The fraction of sp³-hybridized carbons (Fsp3) is 0.680. The van der Waals surface area contributed by atoms with Crippen molar-refractivity contribution in [1.29, 1.82) is 0 Å². The van der Waals surface area contributed by atoms with Crippen LogP contribution in [0.15, 0.2) is 18.2 Å². The number of ether oxygens (including phenoxy) is 1. The summed E-state index contributed by atoms with van der Waals surface area (Å²) in [6, 6.07) is 3.26. The topological polar surface area (TPSA) is 9.23 Å². The van der Waals surface area contributed by atoms with E-state index in [0.29, 0.717) is 23.8 Å². The van der Waals surface area contributed by atoms with Crippen LogP contribution in [0, 0.1) is 48.1 Å². The van der Waals surface area contributed by atoms with Crippen molar-refractivity contribution >= 4 is 5.76 Å². The third-order valence-electron chi connectivity index (χ3n) is 7.81. The highest BCUT2D eigenvalue weighted by molar-refractivity contribution is 5.61. The van der Waals surface area contributed by atoms with Crippen LogP contribution in [-0.4, -0.2) is 6.61 Å². The molecule has 1 unspecified atom stereocenters. The molecular weight excluding hydrogens is 354 g/mol. The molecule has 0 aromatic heterocycles. The van der Waals surface area contributed by atoms with Crippen molar-refractivity contribution in [2.24, 2.45) is 29.6 Å². The Bertz CT molecular complexity index is 710. The molecule has 0 saturated heterocycles. The van der Waals surface area contributed by atoms with Crippen molar-refractivity contribution in [2.45, 2.75) is 71.6 Å². The largest absolute Gasteiger partial charge is 0.493 e. The molecule has 3 aliphatic rings. The van der Waals surface area contributed by atoms with Crippen molar-refractivity contribution in [3.05, 3.63) is 41.0 Å². The molecule has 0 amide bonds. The van der Waals surface area contributed by atoms with Gasteiger partial charge in [-0.2, -0.15) is 0 Å². The Morgan fingerprint density at radius 1 is 0.786 bits per heavy atom. The van der Waals surface area contributed by atoms with Gasteiger partial charge in [-0.1, -0.05) is 25.8 Å². The molecule has 1 aromatic carbocycles. The van der Waals surface area contributed by atoms with Gasteiger partial charge < -0.3 is 4.74 Å². The zero-order valence-corrected chi connectivity index (χ0v) is 17.4. The molecule has 154 valence electrons. The summed E-state index contributed by atoms with van der Waals surface area (Å²) in [4.78, 5) is 0. The Hall–Kier alpha value is -1.38. The highest BCUT2D eigenvalue weighted by atomic mass is 19.2. The molecular formula is C25H34F2O. The van der Waals surface area contributed by atoms with E-state index in [4.69, 9.17) is 4.74 Å². The molecule has 1 atom stereocenters. The zero-order valence-electron chi connectivity index (χ0n) is 17.4. The Morgan fingerprint density at radius 3 is 1.93 bits per heavy atom. The smallest absolute Gasteiger partial charge is 0.170 e. The van der Waals surface area contributed by atoms with Crippen LogP contribution in [0.5, 0.6) is 0 Å². The second-order valence-electron chi connectivity index (χ2n) is 9.63. The lowest BCUT2D eigenvalue weighted by atomic mass is 9.67. The molecule has 2 fully saturated rings. The van der Waals surface area contributed by atoms with Crippen LogP contribution in [-0.2, 0) is 4.74 Å². The molecule has 28 heavy (non-hydrogen) atoms. The van der Waals surface area contributed by atoms with Crippen LogP contribution in [0.4, 0.5) is 8.78 Å². The standard InChI is InChI=1S/C25H34F2O/c1-16-3-6-18(7-4-16)19-8-10-20(11-9-19)21-12-14-23(28-15-21)22-13-5-17(2)24(26)25(22)27/h5,13-14,16,18-21H,3-4,6-12,15H2,1-2H3. The molecule has 0 spiro atoms. The van der Waals surface area contributed by atoms with Crippen molar-refractivity contribution in [2.75, 3.05) is 6.61 Å². The Kier molecular flexibility index (Phi) is 6.08. The van der Waals surface area contributed by atoms with E-state index in [1.165, 1.54) is 51.4 Å².